The number of fused-ring (bicyclic) bond motifs is 8. The van der Waals surface area contributed by atoms with Crippen LogP contribution in [-0.4, -0.2) is 19.9 Å². The van der Waals surface area contributed by atoms with Crippen LogP contribution in [0.15, 0.2) is 164 Å². The van der Waals surface area contributed by atoms with Crippen molar-refractivity contribution < 1.29 is 0 Å². The average Bonchev–Trinajstić information content (AvgIpc) is 3.20. The molecule has 4 nitrogen and oxygen atoms in total. The zero-order valence-corrected chi connectivity index (χ0v) is 27.2. The van der Waals surface area contributed by atoms with E-state index in [9.17, 15) is 0 Å². The van der Waals surface area contributed by atoms with Crippen LogP contribution in [0.4, 0.5) is 0 Å². The topological polar surface area (TPSA) is 51.6 Å². The minimum absolute atomic E-state index is 0.225. The Labute approximate surface area is 289 Å². The van der Waals surface area contributed by atoms with Crippen molar-refractivity contribution in [3.8, 4) is 45.3 Å². The van der Waals surface area contributed by atoms with Crippen LogP contribution >= 0.6 is 0 Å². The summed E-state index contributed by atoms with van der Waals surface area (Å²) in [7, 11) is 0. The van der Waals surface area contributed by atoms with E-state index < -0.39 is 0 Å². The van der Waals surface area contributed by atoms with Crippen LogP contribution in [-0.2, 0) is 6.42 Å². The van der Waals surface area contributed by atoms with Crippen molar-refractivity contribution in [3.05, 3.63) is 181 Å². The lowest BCUT2D eigenvalue weighted by Crippen LogP contribution is -2.13. The molecule has 0 amide bonds. The fraction of sp³-hybridized carbons (Fsp3) is 0.0435. The second-order valence-electron chi connectivity index (χ2n) is 13.0. The molecule has 1 atom stereocenters. The summed E-state index contributed by atoms with van der Waals surface area (Å²) in [4.78, 5) is 20.0. The van der Waals surface area contributed by atoms with Gasteiger partial charge in [-0.3, -0.25) is 4.98 Å². The Morgan fingerprint density at radius 1 is 0.440 bits per heavy atom. The number of benzene rings is 7. The minimum atomic E-state index is 0.225. The van der Waals surface area contributed by atoms with Crippen molar-refractivity contribution in [2.45, 2.75) is 12.3 Å². The van der Waals surface area contributed by atoms with Crippen molar-refractivity contribution in [2.24, 2.45) is 0 Å². The molecule has 234 valence electrons. The average molecular weight is 639 g/mol. The van der Waals surface area contributed by atoms with E-state index in [1.807, 2.05) is 30.6 Å². The number of nitrogens with zero attached hydrogens (tertiary/aromatic N) is 4. The zero-order chi connectivity index (χ0) is 33.0. The van der Waals surface area contributed by atoms with E-state index in [4.69, 9.17) is 15.0 Å². The summed E-state index contributed by atoms with van der Waals surface area (Å²) in [6, 6.07) is 53.9. The van der Waals surface area contributed by atoms with Crippen molar-refractivity contribution in [3.63, 3.8) is 0 Å². The first-order valence-corrected chi connectivity index (χ1v) is 17.1. The van der Waals surface area contributed by atoms with Gasteiger partial charge in [0.1, 0.15) is 0 Å². The van der Waals surface area contributed by atoms with Crippen LogP contribution in [0.5, 0.6) is 0 Å². The van der Waals surface area contributed by atoms with Gasteiger partial charge in [0.15, 0.2) is 17.5 Å². The van der Waals surface area contributed by atoms with Crippen LogP contribution in [0.2, 0.25) is 0 Å². The Bertz CT molecular complexity index is 2740. The fourth-order valence-corrected chi connectivity index (χ4v) is 7.79. The maximum atomic E-state index is 5.29. The molecular formula is C46H30N4. The molecule has 10 rings (SSSR count). The van der Waals surface area contributed by atoms with Gasteiger partial charge in [-0.1, -0.05) is 133 Å². The van der Waals surface area contributed by atoms with E-state index in [1.165, 1.54) is 38.6 Å². The molecular weight excluding hydrogens is 609 g/mol. The van der Waals surface area contributed by atoms with E-state index in [-0.39, 0.29) is 5.92 Å². The maximum Gasteiger partial charge on any atom is 0.164 e. The predicted molar refractivity (Wildman–Crippen MR) is 204 cm³/mol. The van der Waals surface area contributed by atoms with Gasteiger partial charge in [-0.05, 0) is 79.4 Å². The first kappa shape index (κ1) is 28.5. The molecule has 9 aromatic rings. The monoisotopic (exact) mass is 638 g/mol. The van der Waals surface area contributed by atoms with Gasteiger partial charge in [0.2, 0.25) is 0 Å². The van der Waals surface area contributed by atoms with Gasteiger partial charge in [0.25, 0.3) is 0 Å². The molecule has 1 unspecified atom stereocenters. The molecule has 50 heavy (non-hydrogen) atoms. The fourth-order valence-electron chi connectivity index (χ4n) is 7.79. The molecule has 0 aliphatic heterocycles. The standard InChI is InChI=1S/C46H30N4/c1-3-11-29(12-4-1)40-25-31-15-7-8-16-34(31)38-21-19-32(26-41(38)40)45-48-44(30-13-5-2-6-14-30)49-46(50-45)43-27-42-35-23-24-47-28-33(35)20-22-39(42)36-17-9-10-18-37(36)43/h1-24,26-28,40H,25H2. The van der Waals surface area contributed by atoms with E-state index in [0.717, 1.165) is 44.7 Å². The van der Waals surface area contributed by atoms with Gasteiger partial charge >= 0.3 is 0 Å². The Hall–Kier alpha value is -6.52. The molecule has 0 saturated heterocycles. The van der Waals surface area contributed by atoms with E-state index in [2.05, 4.69) is 138 Å². The highest BCUT2D eigenvalue weighted by Crippen LogP contribution is 2.44. The maximum absolute atomic E-state index is 5.29. The number of hydrogen-bond donors (Lipinski definition) is 0. The smallest absolute Gasteiger partial charge is 0.164 e. The SMILES string of the molecule is c1ccc(-c2nc(-c3ccc4c(c3)C(c3ccccc3)Cc3ccccc3-4)nc(-c3cc4c5ccncc5ccc4c4ccccc34)n2)cc1. The van der Waals surface area contributed by atoms with E-state index in [1.54, 1.807) is 0 Å². The molecule has 0 bridgehead atoms. The molecule has 0 N–H and O–H groups in total. The van der Waals surface area contributed by atoms with E-state index in [0.29, 0.717) is 17.5 Å². The lowest BCUT2D eigenvalue weighted by molar-refractivity contribution is 0.794. The van der Waals surface area contributed by atoms with E-state index >= 15 is 0 Å². The van der Waals surface area contributed by atoms with Crippen LogP contribution in [0.1, 0.15) is 22.6 Å². The van der Waals surface area contributed by atoms with Gasteiger partial charge in [0, 0.05) is 40.4 Å². The predicted octanol–water partition coefficient (Wildman–Crippen LogP) is 11.1. The van der Waals surface area contributed by atoms with Crippen LogP contribution in [0, 0.1) is 0 Å². The Kier molecular flexibility index (Phi) is 6.59. The van der Waals surface area contributed by atoms with Gasteiger partial charge in [-0.25, -0.2) is 15.0 Å². The lowest BCUT2D eigenvalue weighted by atomic mass is 9.75. The molecule has 4 heteroatoms. The minimum Gasteiger partial charge on any atom is -0.264 e. The highest BCUT2D eigenvalue weighted by molar-refractivity contribution is 6.20. The summed E-state index contributed by atoms with van der Waals surface area (Å²) in [5, 5.41) is 6.88. The zero-order valence-electron chi connectivity index (χ0n) is 27.2. The number of aromatic nitrogens is 4. The molecule has 0 spiro atoms. The van der Waals surface area contributed by atoms with Gasteiger partial charge in [0.05, 0.1) is 0 Å². The first-order valence-electron chi connectivity index (χ1n) is 17.1. The second-order valence-corrected chi connectivity index (χ2v) is 13.0. The molecule has 2 aromatic heterocycles. The summed E-state index contributed by atoms with van der Waals surface area (Å²) in [5.41, 5.74) is 9.46. The summed E-state index contributed by atoms with van der Waals surface area (Å²) >= 11 is 0. The number of pyridine rings is 1. The van der Waals surface area contributed by atoms with Crippen molar-refractivity contribution in [1.82, 2.24) is 19.9 Å². The molecule has 0 fully saturated rings. The summed E-state index contributed by atoms with van der Waals surface area (Å²) in [6.45, 7) is 0. The van der Waals surface area contributed by atoms with Crippen LogP contribution < -0.4 is 0 Å². The third-order valence-corrected chi connectivity index (χ3v) is 10.2. The quantitative estimate of drug-likeness (QED) is 0.180. The highest BCUT2D eigenvalue weighted by atomic mass is 15.0. The van der Waals surface area contributed by atoms with Crippen molar-refractivity contribution in [2.75, 3.05) is 0 Å². The summed E-state index contributed by atoms with van der Waals surface area (Å²) < 4.78 is 0. The molecule has 0 saturated carbocycles. The highest BCUT2D eigenvalue weighted by Gasteiger charge is 2.27. The van der Waals surface area contributed by atoms with Crippen molar-refractivity contribution in [1.29, 1.82) is 0 Å². The number of hydrogen-bond acceptors (Lipinski definition) is 4. The summed E-state index contributed by atoms with van der Waals surface area (Å²) in [5.74, 6) is 2.19. The molecule has 0 radical (unpaired) electrons. The number of rotatable bonds is 4. The Morgan fingerprint density at radius 3 is 2.00 bits per heavy atom. The van der Waals surface area contributed by atoms with Crippen LogP contribution in [0.25, 0.3) is 77.6 Å². The third-order valence-electron chi connectivity index (χ3n) is 10.2. The Balaban J connectivity index is 1.23. The van der Waals surface area contributed by atoms with Crippen LogP contribution in [0.3, 0.4) is 0 Å². The largest absolute Gasteiger partial charge is 0.264 e. The molecule has 1 aliphatic carbocycles. The second kappa shape index (κ2) is 11.6. The molecule has 7 aromatic carbocycles. The van der Waals surface area contributed by atoms with Gasteiger partial charge < -0.3 is 0 Å². The summed E-state index contributed by atoms with van der Waals surface area (Å²) in [6.07, 6.45) is 4.73. The Morgan fingerprint density at radius 2 is 1.14 bits per heavy atom. The van der Waals surface area contributed by atoms with Gasteiger partial charge in [-0.2, -0.15) is 0 Å². The lowest BCUT2D eigenvalue weighted by Gasteiger charge is -2.29. The normalized spacial score (nSPS) is 13.7. The third kappa shape index (κ3) is 4.68. The van der Waals surface area contributed by atoms with Crippen molar-refractivity contribution >= 4 is 32.3 Å². The molecule has 1 aliphatic rings. The molecule has 2 heterocycles. The first-order chi connectivity index (χ1) is 24.8. The van der Waals surface area contributed by atoms with Gasteiger partial charge in [-0.15, -0.1) is 0 Å².